The number of nitrogens with one attached hydrogen (secondary N) is 1. The van der Waals surface area contributed by atoms with Gasteiger partial charge in [-0.05, 0) is 24.1 Å². The molecule has 0 atom stereocenters. The Bertz CT molecular complexity index is 965. The minimum absolute atomic E-state index is 0.0955. The van der Waals surface area contributed by atoms with E-state index >= 15 is 0 Å². The predicted molar refractivity (Wildman–Crippen MR) is 121 cm³/mol. The third kappa shape index (κ3) is 4.20. The van der Waals surface area contributed by atoms with Crippen LogP contribution in [-0.4, -0.2) is 74.8 Å². The first-order valence-electron chi connectivity index (χ1n) is 10.5. The number of amides is 2. The molecule has 0 aliphatic carbocycles. The fraction of sp³-hybridized carbons (Fsp3) is 0.409. The molecule has 3 aliphatic heterocycles. The Morgan fingerprint density at radius 2 is 1.77 bits per heavy atom. The van der Waals surface area contributed by atoms with E-state index in [1.807, 2.05) is 30.3 Å². The SMILES string of the molecule is COc1ccccc1N1CCN(CCN2Sc3cc4c(cc3NC2=O)OCCO4)CC1. The topological polar surface area (TPSA) is 66.5 Å². The minimum atomic E-state index is -0.0955. The van der Waals surface area contributed by atoms with Crippen molar-refractivity contribution in [2.75, 3.05) is 69.8 Å². The number of hydrogen-bond acceptors (Lipinski definition) is 7. The van der Waals surface area contributed by atoms with E-state index in [0.29, 0.717) is 25.5 Å². The van der Waals surface area contributed by atoms with Crippen molar-refractivity contribution in [3.8, 4) is 17.2 Å². The number of methoxy groups -OCH3 is 1. The van der Waals surface area contributed by atoms with Gasteiger partial charge in [0, 0.05) is 51.4 Å². The zero-order chi connectivity index (χ0) is 21.2. The minimum Gasteiger partial charge on any atom is -0.495 e. The molecule has 0 spiro atoms. The van der Waals surface area contributed by atoms with Crippen molar-refractivity contribution >= 4 is 29.4 Å². The molecule has 1 fully saturated rings. The molecular formula is C22H26N4O4S. The monoisotopic (exact) mass is 442 g/mol. The highest BCUT2D eigenvalue weighted by molar-refractivity contribution is 7.97. The number of rotatable bonds is 5. The van der Waals surface area contributed by atoms with Crippen LogP contribution >= 0.6 is 11.9 Å². The maximum absolute atomic E-state index is 12.6. The summed E-state index contributed by atoms with van der Waals surface area (Å²) < 4.78 is 18.6. The largest absolute Gasteiger partial charge is 0.495 e. The van der Waals surface area contributed by atoms with Gasteiger partial charge in [-0.2, -0.15) is 0 Å². The number of urea groups is 1. The predicted octanol–water partition coefficient (Wildman–Crippen LogP) is 3.14. The number of para-hydroxylation sites is 2. The first-order valence-corrected chi connectivity index (χ1v) is 11.3. The van der Waals surface area contributed by atoms with Crippen molar-refractivity contribution in [2.24, 2.45) is 0 Å². The summed E-state index contributed by atoms with van der Waals surface area (Å²) in [5.74, 6) is 2.33. The van der Waals surface area contributed by atoms with Crippen molar-refractivity contribution in [3.63, 3.8) is 0 Å². The molecular weight excluding hydrogens is 416 g/mol. The normalized spacial score (nSPS) is 18.4. The second-order valence-electron chi connectivity index (χ2n) is 7.62. The number of benzene rings is 2. The van der Waals surface area contributed by atoms with Gasteiger partial charge in [0.05, 0.1) is 23.4 Å². The first kappa shape index (κ1) is 20.1. The average Bonchev–Trinajstić information content (AvgIpc) is 2.82. The molecule has 0 radical (unpaired) electrons. The van der Waals surface area contributed by atoms with E-state index in [1.54, 1.807) is 11.4 Å². The summed E-state index contributed by atoms with van der Waals surface area (Å²) in [6, 6.07) is 11.8. The van der Waals surface area contributed by atoms with E-state index in [2.05, 4.69) is 21.2 Å². The summed E-state index contributed by atoms with van der Waals surface area (Å²) >= 11 is 1.46. The molecule has 0 saturated carbocycles. The van der Waals surface area contributed by atoms with Crippen LogP contribution in [0, 0.1) is 0 Å². The van der Waals surface area contributed by atoms with Crippen molar-refractivity contribution in [2.45, 2.75) is 4.90 Å². The van der Waals surface area contributed by atoms with Crippen LogP contribution in [0.1, 0.15) is 0 Å². The van der Waals surface area contributed by atoms with E-state index in [-0.39, 0.29) is 6.03 Å². The molecule has 3 aliphatic rings. The summed E-state index contributed by atoms with van der Waals surface area (Å²) in [5.41, 5.74) is 1.92. The van der Waals surface area contributed by atoms with Crippen molar-refractivity contribution < 1.29 is 19.0 Å². The Morgan fingerprint density at radius 1 is 1.03 bits per heavy atom. The van der Waals surface area contributed by atoms with Gasteiger partial charge in [-0.15, -0.1) is 0 Å². The van der Waals surface area contributed by atoms with Crippen LogP contribution in [0.2, 0.25) is 0 Å². The third-order valence-corrected chi connectivity index (χ3v) is 6.84. The van der Waals surface area contributed by atoms with Gasteiger partial charge >= 0.3 is 6.03 Å². The summed E-state index contributed by atoms with van der Waals surface area (Å²) in [4.78, 5) is 18.3. The molecule has 0 unspecified atom stereocenters. The van der Waals surface area contributed by atoms with Crippen LogP contribution in [0.4, 0.5) is 16.2 Å². The van der Waals surface area contributed by atoms with Crippen LogP contribution in [0.25, 0.3) is 0 Å². The number of carbonyl (C=O) groups is 1. The highest BCUT2D eigenvalue weighted by Crippen LogP contribution is 2.43. The van der Waals surface area contributed by atoms with Crippen LogP contribution in [-0.2, 0) is 0 Å². The van der Waals surface area contributed by atoms with Crippen molar-refractivity contribution in [1.82, 2.24) is 9.21 Å². The lowest BCUT2D eigenvalue weighted by Crippen LogP contribution is -2.49. The Kier molecular flexibility index (Phi) is 5.69. The molecule has 9 heteroatoms. The van der Waals surface area contributed by atoms with E-state index < -0.39 is 0 Å². The van der Waals surface area contributed by atoms with Gasteiger partial charge in [-0.3, -0.25) is 9.21 Å². The van der Waals surface area contributed by atoms with Gasteiger partial charge in [-0.1, -0.05) is 12.1 Å². The van der Waals surface area contributed by atoms with Crippen molar-refractivity contribution in [3.05, 3.63) is 36.4 Å². The number of piperazine rings is 1. The highest BCUT2D eigenvalue weighted by atomic mass is 32.2. The number of hydrogen-bond donors (Lipinski definition) is 1. The Balaban J connectivity index is 1.16. The molecule has 1 saturated heterocycles. The number of carbonyl (C=O) groups excluding carboxylic acids is 1. The fourth-order valence-corrected chi connectivity index (χ4v) is 4.97. The molecule has 164 valence electrons. The lowest BCUT2D eigenvalue weighted by molar-refractivity contribution is 0.171. The average molecular weight is 443 g/mol. The number of fused-ring (bicyclic) bond motifs is 2. The molecule has 2 aromatic rings. The number of ether oxygens (including phenoxy) is 3. The Morgan fingerprint density at radius 3 is 2.55 bits per heavy atom. The molecule has 2 amide bonds. The van der Waals surface area contributed by atoms with Gasteiger partial charge in [0.1, 0.15) is 19.0 Å². The zero-order valence-corrected chi connectivity index (χ0v) is 18.3. The molecule has 2 aromatic carbocycles. The van der Waals surface area contributed by atoms with Crippen LogP contribution in [0.15, 0.2) is 41.3 Å². The van der Waals surface area contributed by atoms with E-state index in [0.717, 1.165) is 60.5 Å². The third-order valence-electron chi connectivity index (χ3n) is 5.74. The second-order valence-corrected chi connectivity index (χ2v) is 8.68. The van der Waals surface area contributed by atoms with Gasteiger partial charge < -0.3 is 24.4 Å². The molecule has 3 heterocycles. The summed E-state index contributed by atoms with van der Waals surface area (Å²) in [5, 5.41) is 2.98. The van der Waals surface area contributed by atoms with Crippen LogP contribution in [0.3, 0.4) is 0 Å². The Labute approximate surface area is 186 Å². The Hall–Kier alpha value is -2.78. The maximum Gasteiger partial charge on any atom is 0.332 e. The van der Waals surface area contributed by atoms with Crippen LogP contribution in [0.5, 0.6) is 17.2 Å². The summed E-state index contributed by atoms with van der Waals surface area (Å²) in [6.07, 6.45) is 0. The van der Waals surface area contributed by atoms with Gasteiger partial charge in [0.25, 0.3) is 0 Å². The molecule has 0 bridgehead atoms. The number of anilines is 2. The lowest BCUT2D eigenvalue weighted by atomic mass is 10.2. The zero-order valence-electron chi connectivity index (χ0n) is 17.5. The van der Waals surface area contributed by atoms with E-state index in [9.17, 15) is 4.79 Å². The van der Waals surface area contributed by atoms with E-state index in [1.165, 1.54) is 11.9 Å². The summed E-state index contributed by atoms with van der Waals surface area (Å²) in [7, 11) is 1.71. The summed E-state index contributed by atoms with van der Waals surface area (Å²) in [6.45, 7) is 6.34. The lowest BCUT2D eigenvalue weighted by Gasteiger charge is -2.37. The molecule has 5 rings (SSSR count). The number of nitrogens with zero attached hydrogens (tertiary/aromatic N) is 3. The van der Waals surface area contributed by atoms with Crippen molar-refractivity contribution in [1.29, 1.82) is 0 Å². The van der Waals surface area contributed by atoms with Gasteiger partial charge in [0.15, 0.2) is 11.5 Å². The standard InChI is InChI=1S/C22H26N4O4S/c1-28-18-5-3-2-4-17(18)25-9-6-24(7-10-25)8-11-26-22(27)23-16-14-19-20(15-21(16)31-26)30-13-12-29-19/h2-5,14-15H,6-13H2,1H3,(H,23,27). The maximum atomic E-state index is 12.6. The molecule has 0 aromatic heterocycles. The van der Waals surface area contributed by atoms with Gasteiger partial charge in [0.2, 0.25) is 0 Å². The highest BCUT2D eigenvalue weighted by Gasteiger charge is 2.28. The smallest absolute Gasteiger partial charge is 0.332 e. The molecule has 8 nitrogen and oxygen atoms in total. The van der Waals surface area contributed by atoms with E-state index in [4.69, 9.17) is 14.2 Å². The second kappa shape index (κ2) is 8.76. The quantitative estimate of drug-likeness (QED) is 0.714. The fourth-order valence-electron chi connectivity index (χ4n) is 4.06. The molecule has 1 N–H and O–H groups in total. The first-order chi connectivity index (χ1) is 15.2. The molecule has 31 heavy (non-hydrogen) atoms. The van der Waals surface area contributed by atoms with Crippen LogP contribution < -0.4 is 24.4 Å². The van der Waals surface area contributed by atoms with Gasteiger partial charge in [-0.25, -0.2) is 4.79 Å².